The van der Waals surface area contributed by atoms with E-state index in [-0.39, 0.29) is 6.04 Å². The average Bonchev–Trinajstić information content (AvgIpc) is 2.03. The Morgan fingerprint density at radius 1 is 1.73 bits per heavy atom. The molecule has 1 unspecified atom stereocenters. The Labute approximate surface area is 71.4 Å². The van der Waals surface area contributed by atoms with Crippen molar-refractivity contribution < 1.29 is 0 Å². The van der Waals surface area contributed by atoms with Gasteiger partial charge in [0, 0.05) is 12.2 Å². The molecule has 2 nitrogen and oxygen atoms in total. The maximum Gasteiger partial charge on any atom is 0.129 e. The van der Waals surface area contributed by atoms with Crippen molar-refractivity contribution in [1.82, 2.24) is 4.98 Å². The Bertz CT molecular complexity index is 237. The zero-order valence-electron chi connectivity index (χ0n) is 6.42. The van der Waals surface area contributed by atoms with E-state index in [9.17, 15) is 0 Å². The molecule has 0 bridgehead atoms. The van der Waals surface area contributed by atoms with E-state index in [0.29, 0.717) is 5.15 Å². The van der Waals surface area contributed by atoms with Gasteiger partial charge in [-0.1, -0.05) is 18.5 Å². The second-order valence-corrected chi connectivity index (χ2v) is 2.81. The summed E-state index contributed by atoms with van der Waals surface area (Å²) in [5, 5.41) is 0.506. The molecule has 1 aromatic rings. The molecule has 0 aromatic carbocycles. The van der Waals surface area contributed by atoms with E-state index in [2.05, 4.69) is 4.98 Å². The van der Waals surface area contributed by atoms with Crippen LogP contribution in [0.4, 0.5) is 0 Å². The minimum absolute atomic E-state index is 0.0792. The number of hydrogen-bond donors (Lipinski definition) is 1. The molecule has 0 spiro atoms. The largest absolute Gasteiger partial charge is 0.324 e. The summed E-state index contributed by atoms with van der Waals surface area (Å²) in [5.41, 5.74) is 6.83. The van der Waals surface area contributed by atoms with Gasteiger partial charge in [-0.25, -0.2) is 4.98 Å². The molecule has 1 rings (SSSR count). The van der Waals surface area contributed by atoms with E-state index in [4.69, 9.17) is 17.3 Å². The van der Waals surface area contributed by atoms with Crippen LogP contribution in [0, 0.1) is 0 Å². The van der Waals surface area contributed by atoms with Crippen molar-refractivity contribution in [3.05, 3.63) is 29.0 Å². The summed E-state index contributed by atoms with van der Waals surface area (Å²) in [5.74, 6) is 0. The van der Waals surface area contributed by atoms with Gasteiger partial charge in [0.1, 0.15) is 5.15 Å². The first-order chi connectivity index (χ1) is 5.24. The smallest absolute Gasteiger partial charge is 0.129 e. The van der Waals surface area contributed by atoms with Crippen molar-refractivity contribution >= 4 is 11.6 Å². The molecule has 60 valence electrons. The fraction of sp³-hybridized carbons (Fsp3) is 0.375. The molecule has 0 aliphatic rings. The summed E-state index contributed by atoms with van der Waals surface area (Å²) < 4.78 is 0. The lowest BCUT2D eigenvalue weighted by Crippen LogP contribution is -2.08. The summed E-state index contributed by atoms with van der Waals surface area (Å²) in [4.78, 5) is 3.87. The number of aromatic nitrogens is 1. The first-order valence-electron chi connectivity index (χ1n) is 3.61. The van der Waals surface area contributed by atoms with E-state index >= 15 is 0 Å². The lowest BCUT2D eigenvalue weighted by atomic mass is 10.1. The highest BCUT2D eigenvalue weighted by Gasteiger charge is 2.02. The zero-order chi connectivity index (χ0) is 8.27. The number of nitrogens with two attached hydrogens (primary N) is 1. The van der Waals surface area contributed by atoms with Crippen LogP contribution in [0.3, 0.4) is 0 Å². The van der Waals surface area contributed by atoms with Gasteiger partial charge in [0.05, 0.1) is 0 Å². The van der Waals surface area contributed by atoms with Gasteiger partial charge >= 0.3 is 0 Å². The van der Waals surface area contributed by atoms with E-state index in [1.54, 1.807) is 12.3 Å². The third kappa shape index (κ3) is 2.17. The molecule has 2 N–H and O–H groups in total. The van der Waals surface area contributed by atoms with Crippen LogP contribution < -0.4 is 5.73 Å². The second-order valence-electron chi connectivity index (χ2n) is 2.43. The van der Waals surface area contributed by atoms with Crippen LogP contribution in [0.2, 0.25) is 5.15 Å². The van der Waals surface area contributed by atoms with Crippen molar-refractivity contribution in [1.29, 1.82) is 0 Å². The SMILES string of the molecule is CCC(N)c1ccnc(Cl)c1. The quantitative estimate of drug-likeness (QED) is 0.691. The monoisotopic (exact) mass is 170 g/mol. The fourth-order valence-electron chi connectivity index (χ4n) is 0.884. The average molecular weight is 171 g/mol. The number of rotatable bonds is 2. The van der Waals surface area contributed by atoms with E-state index < -0.39 is 0 Å². The van der Waals surface area contributed by atoms with Crippen molar-refractivity contribution in [2.24, 2.45) is 5.73 Å². The Kier molecular flexibility index (Phi) is 2.85. The predicted octanol–water partition coefficient (Wildman–Crippen LogP) is 2.14. The molecular formula is C8H11ClN2. The van der Waals surface area contributed by atoms with Gasteiger partial charge in [-0.2, -0.15) is 0 Å². The third-order valence-electron chi connectivity index (χ3n) is 1.62. The molecule has 0 saturated carbocycles. The molecule has 0 aliphatic heterocycles. The Hall–Kier alpha value is -0.600. The van der Waals surface area contributed by atoms with Gasteiger partial charge < -0.3 is 5.73 Å². The van der Waals surface area contributed by atoms with Crippen LogP contribution in [-0.2, 0) is 0 Å². The minimum atomic E-state index is 0.0792. The second kappa shape index (κ2) is 3.69. The molecule has 0 fully saturated rings. The topological polar surface area (TPSA) is 38.9 Å². The Morgan fingerprint density at radius 2 is 2.45 bits per heavy atom. The van der Waals surface area contributed by atoms with E-state index in [0.717, 1.165) is 12.0 Å². The van der Waals surface area contributed by atoms with Crippen molar-refractivity contribution in [2.45, 2.75) is 19.4 Å². The van der Waals surface area contributed by atoms with Crippen molar-refractivity contribution in [2.75, 3.05) is 0 Å². The lowest BCUT2D eigenvalue weighted by Gasteiger charge is -2.07. The van der Waals surface area contributed by atoms with Crippen LogP contribution in [0.25, 0.3) is 0 Å². The normalized spacial score (nSPS) is 13.0. The zero-order valence-corrected chi connectivity index (χ0v) is 7.17. The molecular weight excluding hydrogens is 160 g/mol. The molecule has 0 aliphatic carbocycles. The number of pyridine rings is 1. The van der Waals surface area contributed by atoms with Gasteiger partial charge in [-0.15, -0.1) is 0 Å². The molecule has 0 radical (unpaired) electrons. The van der Waals surface area contributed by atoms with Crippen LogP contribution in [-0.4, -0.2) is 4.98 Å². The van der Waals surface area contributed by atoms with Gasteiger partial charge in [0.15, 0.2) is 0 Å². The van der Waals surface area contributed by atoms with Gasteiger partial charge in [0.2, 0.25) is 0 Å². The molecule has 1 heterocycles. The molecule has 11 heavy (non-hydrogen) atoms. The van der Waals surface area contributed by atoms with Crippen molar-refractivity contribution in [3.8, 4) is 0 Å². The third-order valence-corrected chi connectivity index (χ3v) is 1.83. The predicted molar refractivity (Wildman–Crippen MR) is 46.5 cm³/mol. The highest BCUT2D eigenvalue weighted by atomic mass is 35.5. The summed E-state index contributed by atoms with van der Waals surface area (Å²) >= 11 is 5.68. The maximum atomic E-state index is 5.78. The highest BCUT2D eigenvalue weighted by molar-refractivity contribution is 6.29. The van der Waals surface area contributed by atoms with Crippen LogP contribution in [0.1, 0.15) is 24.9 Å². The van der Waals surface area contributed by atoms with Crippen LogP contribution in [0.15, 0.2) is 18.3 Å². The van der Waals surface area contributed by atoms with Crippen molar-refractivity contribution in [3.63, 3.8) is 0 Å². The standard InChI is InChI=1S/C8H11ClN2/c1-2-7(10)6-3-4-11-8(9)5-6/h3-5,7H,2,10H2,1H3. The summed E-state index contributed by atoms with van der Waals surface area (Å²) in [6.45, 7) is 2.04. The summed E-state index contributed by atoms with van der Waals surface area (Å²) in [6.07, 6.45) is 2.59. The first kappa shape index (κ1) is 8.50. The highest BCUT2D eigenvalue weighted by Crippen LogP contribution is 2.15. The van der Waals surface area contributed by atoms with E-state index in [1.807, 2.05) is 13.0 Å². The molecule has 1 aromatic heterocycles. The van der Waals surface area contributed by atoms with Crippen LogP contribution >= 0.6 is 11.6 Å². The van der Waals surface area contributed by atoms with Gasteiger partial charge in [-0.05, 0) is 24.1 Å². The maximum absolute atomic E-state index is 5.78. The lowest BCUT2D eigenvalue weighted by molar-refractivity contribution is 0.697. The van der Waals surface area contributed by atoms with Crippen LogP contribution in [0.5, 0.6) is 0 Å². The number of hydrogen-bond acceptors (Lipinski definition) is 2. The molecule has 1 atom stereocenters. The molecule has 0 amide bonds. The fourth-order valence-corrected chi connectivity index (χ4v) is 1.07. The first-order valence-corrected chi connectivity index (χ1v) is 3.99. The summed E-state index contributed by atoms with van der Waals surface area (Å²) in [7, 11) is 0. The number of nitrogens with zero attached hydrogens (tertiary/aromatic N) is 1. The van der Waals surface area contributed by atoms with E-state index in [1.165, 1.54) is 0 Å². The summed E-state index contributed by atoms with van der Waals surface area (Å²) in [6, 6.07) is 3.77. The molecule has 0 saturated heterocycles. The molecule has 3 heteroatoms. The van der Waals surface area contributed by atoms with Gasteiger partial charge in [-0.3, -0.25) is 0 Å². The minimum Gasteiger partial charge on any atom is -0.324 e. The van der Waals surface area contributed by atoms with Gasteiger partial charge in [0.25, 0.3) is 0 Å². The Morgan fingerprint density at radius 3 is 3.00 bits per heavy atom. The Balaban J connectivity index is 2.86. The number of halogens is 1.